The van der Waals surface area contributed by atoms with Gasteiger partial charge in [-0.1, -0.05) is 31.0 Å². The first-order chi connectivity index (χ1) is 11.7. The summed E-state index contributed by atoms with van der Waals surface area (Å²) in [6.07, 6.45) is 1.98. The lowest BCUT2D eigenvalue weighted by atomic mass is 10.2. The second-order valence-electron chi connectivity index (χ2n) is 5.98. The highest BCUT2D eigenvalue weighted by molar-refractivity contribution is 6.31. The molecule has 2 aromatic rings. The summed E-state index contributed by atoms with van der Waals surface area (Å²) in [5.74, 6) is 1.57. The molecule has 6 heteroatoms. The highest BCUT2D eigenvalue weighted by Crippen LogP contribution is 2.24. The van der Waals surface area contributed by atoms with Crippen molar-refractivity contribution >= 4 is 29.1 Å². The lowest BCUT2D eigenvalue weighted by Crippen LogP contribution is -2.37. The second-order valence-corrected chi connectivity index (χ2v) is 6.39. The fourth-order valence-corrected chi connectivity index (χ4v) is 2.86. The monoisotopic (exact) mass is 346 g/mol. The number of hydrogen-bond donors (Lipinski definition) is 1. The minimum absolute atomic E-state index is 0.613. The maximum atomic E-state index is 6.21. The minimum Gasteiger partial charge on any atom is -0.378 e. The van der Waals surface area contributed by atoms with Crippen LogP contribution < -0.4 is 10.2 Å². The number of hydrogen-bond acceptors (Lipinski definition) is 5. The van der Waals surface area contributed by atoms with E-state index in [4.69, 9.17) is 21.3 Å². The van der Waals surface area contributed by atoms with Crippen LogP contribution in [0.15, 0.2) is 24.3 Å². The molecule has 1 aliphatic rings. The molecular formula is C18H23ClN4O. The van der Waals surface area contributed by atoms with Crippen LogP contribution in [0.1, 0.15) is 24.6 Å². The van der Waals surface area contributed by atoms with Crippen LogP contribution in [0.5, 0.6) is 0 Å². The van der Waals surface area contributed by atoms with Crippen LogP contribution in [0.25, 0.3) is 0 Å². The van der Waals surface area contributed by atoms with E-state index < -0.39 is 0 Å². The molecular weight excluding hydrogens is 324 g/mol. The Kier molecular flexibility index (Phi) is 5.53. The highest BCUT2D eigenvalue weighted by Gasteiger charge is 2.15. The molecule has 0 amide bonds. The van der Waals surface area contributed by atoms with Crippen LogP contribution in [0.4, 0.5) is 17.5 Å². The molecule has 0 aliphatic carbocycles. The SMILES string of the molecule is CCCc1cc(N2CCOCC2)nc(Nc2ccc(C)c(Cl)c2)n1. The molecule has 1 saturated heterocycles. The molecule has 24 heavy (non-hydrogen) atoms. The van der Waals surface area contributed by atoms with Crippen molar-refractivity contribution in [1.82, 2.24) is 9.97 Å². The average molecular weight is 347 g/mol. The summed E-state index contributed by atoms with van der Waals surface area (Å²) < 4.78 is 5.43. The number of halogens is 1. The summed E-state index contributed by atoms with van der Waals surface area (Å²) in [6, 6.07) is 7.97. The van der Waals surface area contributed by atoms with Crippen LogP contribution in [-0.2, 0) is 11.2 Å². The van der Waals surface area contributed by atoms with Gasteiger partial charge < -0.3 is 15.0 Å². The van der Waals surface area contributed by atoms with Crippen molar-refractivity contribution < 1.29 is 4.74 Å². The zero-order valence-corrected chi connectivity index (χ0v) is 14.9. The molecule has 128 valence electrons. The van der Waals surface area contributed by atoms with E-state index >= 15 is 0 Å². The van der Waals surface area contributed by atoms with Crippen molar-refractivity contribution in [3.63, 3.8) is 0 Å². The first-order valence-corrected chi connectivity index (χ1v) is 8.77. The first kappa shape index (κ1) is 17.0. The van der Waals surface area contributed by atoms with Crippen LogP contribution in [0, 0.1) is 6.92 Å². The molecule has 1 aromatic carbocycles. The van der Waals surface area contributed by atoms with Crippen LogP contribution in [0.2, 0.25) is 5.02 Å². The van der Waals surface area contributed by atoms with Crippen molar-refractivity contribution in [1.29, 1.82) is 0 Å². The van der Waals surface area contributed by atoms with E-state index in [-0.39, 0.29) is 0 Å². The predicted octanol–water partition coefficient (Wildman–Crippen LogP) is 3.97. The first-order valence-electron chi connectivity index (χ1n) is 8.39. The Labute approximate surface area is 148 Å². The minimum atomic E-state index is 0.613. The van der Waals surface area contributed by atoms with Crippen LogP contribution in [0.3, 0.4) is 0 Å². The quantitative estimate of drug-likeness (QED) is 0.887. The summed E-state index contributed by atoms with van der Waals surface area (Å²) >= 11 is 6.21. The van der Waals surface area contributed by atoms with Gasteiger partial charge in [0.1, 0.15) is 5.82 Å². The van der Waals surface area contributed by atoms with E-state index in [0.29, 0.717) is 5.95 Å². The number of rotatable bonds is 5. The Bertz CT molecular complexity index is 701. The van der Waals surface area contributed by atoms with E-state index in [1.54, 1.807) is 0 Å². The fourth-order valence-electron chi connectivity index (χ4n) is 2.68. The number of aromatic nitrogens is 2. The van der Waals surface area contributed by atoms with Crippen molar-refractivity contribution in [2.45, 2.75) is 26.7 Å². The smallest absolute Gasteiger partial charge is 0.229 e. The molecule has 0 atom stereocenters. The Morgan fingerprint density at radius 1 is 1.21 bits per heavy atom. The number of aryl methyl sites for hydroxylation is 2. The molecule has 0 saturated carbocycles. The number of nitrogens with one attached hydrogen (secondary N) is 1. The van der Waals surface area contributed by atoms with Gasteiger partial charge in [-0.25, -0.2) is 4.98 Å². The van der Waals surface area contributed by atoms with Gasteiger partial charge in [0.15, 0.2) is 0 Å². The molecule has 0 unspecified atom stereocenters. The summed E-state index contributed by atoms with van der Waals surface area (Å²) in [7, 11) is 0. The van der Waals surface area contributed by atoms with Crippen molar-refractivity contribution in [2.75, 3.05) is 36.5 Å². The van der Waals surface area contributed by atoms with E-state index in [2.05, 4.69) is 28.2 Å². The normalized spacial score (nSPS) is 14.7. The average Bonchev–Trinajstić information content (AvgIpc) is 2.59. The maximum absolute atomic E-state index is 6.21. The van der Waals surface area contributed by atoms with E-state index in [1.165, 1.54) is 0 Å². The molecule has 1 fully saturated rings. The summed E-state index contributed by atoms with van der Waals surface area (Å²) in [6.45, 7) is 7.34. The van der Waals surface area contributed by atoms with E-state index in [1.807, 2.05) is 25.1 Å². The topological polar surface area (TPSA) is 50.3 Å². The number of anilines is 3. The molecule has 0 spiro atoms. The van der Waals surface area contributed by atoms with Gasteiger partial charge in [-0.2, -0.15) is 4.98 Å². The van der Waals surface area contributed by atoms with Gasteiger partial charge in [-0.05, 0) is 31.0 Å². The Morgan fingerprint density at radius 2 is 2.00 bits per heavy atom. The van der Waals surface area contributed by atoms with Crippen molar-refractivity contribution in [2.24, 2.45) is 0 Å². The van der Waals surface area contributed by atoms with Crippen LogP contribution >= 0.6 is 11.6 Å². The third kappa shape index (κ3) is 4.16. The molecule has 1 N–H and O–H groups in total. The Balaban J connectivity index is 1.87. The van der Waals surface area contributed by atoms with Gasteiger partial charge in [0.25, 0.3) is 0 Å². The molecule has 3 rings (SSSR count). The summed E-state index contributed by atoms with van der Waals surface area (Å²) in [5, 5.41) is 4.02. The summed E-state index contributed by atoms with van der Waals surface area (Å²) in [5.41, 5.74) is 3.00. The van der Waals surface area contributed by atoms with Gasteiger partial charge in [-0.15, -0.1) is 0 Å². The zero-order valence-electron chi connectivity index (χ0n) is 14.2. The lowest BCUT2D eigenvalue weighted by Gasteiger charge is -2.28. The standard InChI is InChI=1S/C18H23ClN4O/c1-3-4-14-12-17(23-7-9-24-10-8-23)22-18(20-14)21-15-6-5-13(2)16(19)11-15/h5-6,11-12H,3-4,7-10H2,1-2H3,(H,20,21,22). The second kappa shape index (κ2) is 7.81. The highest BCUT2D eigenvalue weighted by atomic mass is 35.5. The van der Waals surface area contributed by atoms with Gasteiger partial charge >= 0.3 is 0 Å². The van der Waals surface area contributed by atoms with E-state index in [0.717, 1.165) is 66.9 Å². The lowest BCUT2D eigenvalue weighted by molar-refractivity contribution is 0.122. The zero-order chi connectivity index (χ0) is 16.9. The molecule has 2 heterocycles. The third-order valence-electron chi connectivity index (χ3n) is 4.03. The van der Waals surface area contributed by atoms with E-state index in [9.17, 15) is 0 Å². The van der Waals surface area contributed by atoms with Gasteiger partial charge in [-0.3, -0.25) is 0 Å². The Morgan fingerprint density at radius 3 is 2.71 bits per heavy atom. The van der Waals surface area contributed by atoms with Crippen molar-refractivity contribution in [3.8, 4) is 0 Å². The predicted molar refractivity (Wildman–Crippen MR) is 98.5 cm³/mol. The number of benzene rings is 1. The third-order valence-corrected chi connectivity index (χ3v) is 4.44. The summed E-state index contributed by atoms with van der Waals surface area (Å²) in [4.78, 5) is 11.6. The van der Waals surface area contributed by atoms with Gasteiger partial charge in [0.05, 0.1) is 13.2 Å². The Hall–Kier alpha value is -1.85. The number of morpholine rings is 1. The van der Waals surface area contributed by atoms with Crippen molar-refractivity contribution in [3.05, 3.63) is 40.5 Å². The largest absolute Gasteiger partial charge is 0.378 e. The molecule has 1 aliphatic heterocycles. The fraction of sp³-hybridized carbons (Fsp3) is 0.444. The molecule has 5 nitrogen and oxygen atoms in total. The van der Waals surface area contributed by atoms with Crippen LogP contribution in [-0.4, -0.2) is 36.3 Å². The maximum Gasteiger partial charge on any atom is 0.229 e. The number of nitrogens with zero attached hydrogens (tertiary/aromatic N) is 3. The van der Waals surface area contributed by atoms with Gasteiger partial charge in [0.2, 0.25) is 5.95 Å². The molecule has 0 radical (unpaired) electrons. The van der Waals surface area contributed by atoms with Gasteiger partial charge in [0, 0.05) is 35.6 Å². The molecule has 1 aromatic heterocycles. The molecule has 0 bridgehead atoms. The number of ether oxygens (including phenoxy) is 1.